The highest BCUT2D eigenvalue weighted by atomic mass is 19.1. The van der Waals surface area contributed by atoms with Crippen LogP contribution in [-0.2, 0) is 19.4 Å². The van der Waals surface area contributed by atoms with Crippen LogP contribution in [-0.4, -0.2) is 84.4 Å². The minimum atomic E-state index is -0.915. The summed E-state index contributed by atoms with van der Waals surface area (Å²) < 4.78 is 55.5. The van der Waals surface area contributed by atoms with E-state index in [9.17, 15) is 9.50 Å². The van der Waals surface area contributed by atoms with Gasteiger partial charge >= 0.3 is 6.01 Å². The number of fused-ring (bicyclic) bond motifs is 5. The van der Waals surface area contributed by atoms with Gasteiger partial charge in [0.15, 0.2) is 5.82 Å². The molecule has 0 aliphatic carbocycles. The van der Waals surface area contributed by atoms with Gasteiger partial charge in [-0.1, -0.05) is 11.3 Å². The van der Waals surface area contributed by atoms with Crippen molar-refractivity contribution < 1.29 is 23.0 Å². The number of alkyl halides is 1. The van der Waals surface area contributed by atoms with Gasteiger partial charge in [-0.3, -0.25) is 14.6 Å². The second-order valence-electron chi connectivity index (χ2n) is 14.6. The molecule has 0 radical (unpaired) electrons. The highest BCUT2D eigenvalue weighted by Gasteiger charge is 2.49. The normalized spacial score (nSPS) is 24.1. The van der Waals surface area contributed by atoms with E-state index in [1.807, 2.05) is 10.9 Å². The third-order valence-corrected chi connectivity index (χ3v) is 11.2. The molecule has 3 saturated heterocycles. The molecule has 0 saturated carbocycles. The maximum Gasteiger partial charge on any atom is 0.319 e. The number of hydrogen-bond donors (Lipinski definition) is 1. The van der Waals surface area contributed by atoms with E-state index in [2.05, 4.69) is 30.1 Å². The second-order valence-corrected chi connectivity index (χ2v) is 14.6. The summed E-state index contributed by atoms with van der Waals surface area (Å²) in [7, 11) is 0. The summed E-state index contributed by atoms with van der Waals surface area (Å²) in [6, 6.07) is 6.01. The molecule has 2 aromatic carbocycles. The van der Waals surface area contributed by atoms with E-state index in [1.54, 1.807) is 18.3 Å². The fourth-order valence-corrected chi connectivity index (χ4v) is 8.93. The van der Waals surface area contributed by atoms with Crippen LogP contribution in [0, 0.1) is 17.6 Å². The molecule has 0 amide bonds. The Balaban J connectivity index is 1.21. The van der Waals surface area contributed by atoms with Gasteiger partial charge in [0.1, 0.15) is 41.4 Å². The zero-order valence-corrected chi connectivity index (χ0v) is 27.8. The van der Waals surface area contributed by atoms with Crippen LogP contribution in [0.5, 0.6) is 11.8 Å². The van der Waals surface area contributed by atoms with E-state index in [0.29, 0.717) is 73.0 Å². The Hall–Kier alpha value is -4.52. The topological polar surface area (TPSA) is 105 Å². The summed E-state index contributed by atoms with van der Waals surface area (Å²) in [5, 5.41) is 21.1. The average molecular weight is 685 g/mol. The van der Waals surface area contributed by atoms with Crippen molar-refractivity contribution in [3.63, 3.8) is 0 Å². The molecule has 8 bridgehead atoms. The highest BCUT2D eigenvalue weighted by Crippen LogP contribution is 2.42. The molecule has 13 heteroatoms. The van der Waals surface area contributed by atoms with Crippen LogP contribution in [0.15, 0.2) is 36.7 Å². The molecular weight excluding hydrogens is 645 g/mol. The molecule has 50 heavy (non-hydrogen) atoms. The van der Waals surface area contributed by atoms with Gasteiger partial charge in [0.25, 0.3) is 0 Å². The first-order valence-corrected chi connectivity index (χ1v) is 17.8. The quantitative estimate of drug-likeness (QED) is 0.239. The molecule has 8 heterocycles. The van der Waals surface area contributed by atoms with Gasteiger partial charge in [-0.15, -0.1) is 5.10 Å². The van der Waals surface area contributed by atoms with Crippen molar-refractivity contribution in [1.82, 2.24) is 34.8 Å². The summed E-state index contributed by atoms with van der Waals surface area (Å²) in [4.78, 5) is 18.5. The number of phenolic OH excluding ortho intramolecular Hbond substituents is 1. The number of pyridine rings is 1. The largest absolute Gasteiger partial charge is 0.508 e. The van der Waals surface area contributed by atoms with Gasteiger partial charge in [0.2, 0.25) is 0 Å². The van der Waals surface area contributed by atoms with Crippen molar-refractivity contribution in [1.29, 1.82) is 0 Å². The Kier molecular flexibility index (Phi) is 7.78. The van der Waals surface area contributed by atoms with E-state index in [-0.39, 0.29) is 41.1 Å². The molecule has 5 aromatic rings. The molecule has 3 unspecified atom stereocenters. The van der Waals surface area contributed by atoms with Gasteiger partial charge in [-0.05, 0) is 98.4 Å². The SMILES string of the molecule is Oc1cc2c3c(c(F)ccc3c1)CCCCn1cc(nn1)CC1CCCN(C1)c1nc(OCC34CCCN3CC(F)C4)nc3c(F)c-2ncc13. The number of rotatable bonds is 3. The van der Waals surface area contributed by atoms with Crippen molar-refractivity contribution in [3.8, 4) is 23.0 Å². The maximum absolute atomic E-state index is 17.1. The number of nitrogens with zero attached hydrogens (tertiary/aromatic N) is 8. The van der Waals surface area contributed by atoms with E-state index >= 15 is 8.78 Å². The lowest BCUT2D eigenvalue weighted by Gasteiger charge is -2.34. The maximum atomic E-state index is 17.1. The van der Waals surface area contributed by atoms with Crippen molar-refractivity contribution in [2.24, 2.45) is 5.92 Å². The predicted molar refractivity (Wildman–Crippen MR) is 182 cm³/mol. The van der Waals surface area contributed by atoms with Crippen LogP contribution in [0.2, 0.25) is 0 Å². The summed E-state index contributed by atoms with van der Waals surface area (Å²) in [5.41, 5.74) is 1.19. The van der Waals surface area contributed by atoms with Crippen LogP contribution < -0.4 is 9.64 Å². The fourth-order valence-electron chi connectivity index (χ4n) is 8.93. The number of aromatic nitrogens is 6. The van der Waals surface area contributed by atoms with Crippen LogP contribution in [0.3, 0.4) is 0 Å². The number of ether oxygens (including phenoxy) is 1. The van der Waals surface area contributed by atoms with Gasteiger partial charge in [0, 0.05) is 50.6 Å². The summed E-state index contributed by atoms with van der Waals surface area (Å²) in [5.74, 6) is -0.390. The third-order valence-electron chi connectivity index (χ3n) is 11.2. The van der Waals surface area contributed by atoms with Gasteiger partial charge in [-0.25, -0.2) is 13.2 Å². The molecule has 5 aliphatic rings. The van der Waals surface area contributed by atoms with Crippen molar-refractivity contribution in [3.05, 3.63) is 59.6 Å². The first-order valence-electron chi connectivity index (χ1n) is 17.8. The van der Waals surface area contributed by atoms with E-state index in [1.165, 1.54) is 12.1 Å². The number of phenols is 1. The Morgan fingerprint density at radius 1 is 1.02 bits per heavy atom. The Morgan fingerprint density at radius 2 is 1.94 bits per heavy atom. The summed E-state index contributed by atoms with van der Waals surface area (Å²) >= 11 is 0. The average Bonchev–Trinajstić information content (AvgIpc) is 3.80. The lowest BCUT2D eigenvalue weighted by molar-refractivity contribution is 0.107. The van der Waals surface area contributed by atoms with Crippen LogP contribution in [0.1, 0.15) is 56.2 Å². The summed E-state index contributed by atoms with van der Waals surface area (Å²) in [6.45, 7) is 3.44. The number of benzene rings is 2. The van der Waals surface area contributed by atoms with Crippen molar-refractivity contribution >= 4 is 27.5 Å². The molecule has 10 nitrogen and oxygen atoms in total. The Morgan fingerprint density at radius 3 is 2.86 bits per heavy atom. The minimum Gasteiger partial charge on any atom is -0.508 e. The zero-order valence-electron chi connectivity index (χ0n) is 27.8. The lowest BCUT2D eigenvalue weighted by Crippen LogP contribution is -2.43. The van der Waals surface area contributed by atoms with Crippen LogP contribution in [0.25, 0.3) is 32.9 Å². The third kappa shape index (κ3) is 5.50. The number of hydrogen-bond acceptors (Lipinski definition) is 9. The van der Waals surface area contributed by atoms with E-state index in [0.717, 1.165) is 50.8 Å². The zero-order chi connectivity index (χ0) is 34.0. The van der Waals surface area contributed by atoms with Gasteiger partial charge < -0.3 is 14.7 Å². The van der Waals surface area contributed by atoms with Crippen molar-refractivity contribution in [2.75, 3.05) is 37.7 Å². The molecule has 3 aromatic heterocycles. The molecule has 10 rings (SSSR count). The molecule has 3 atom stereocenters. The molecule has 0 spiro atoms. The van der Waals surface area contributed by atoms with Crippen LogP contribution >= 0.6 is 0 Å². The second kappa shape index (κ2) is 12.4. The lowest BCUT2D eigenvalue weighted by atomic mass is 9.93. The van der Waals surface area contributed by atoms with Gasteiger partial charge in [0.05, 0.1) is 16.6 Å². The van der Waals surface area contributed by atoms with Crippen molar-refractivity contribution in [2.45, 2.75) is 76.0 Å². The number of piperidine rings is 1. The monoisotopic (exact) mass is 684 g/mol. The number of halogens is 3. The minimum absolute atomic E-state index is 0.0236. The Bertz CT molecular complexity index is 2110. The van der Waals surface area contributed by atoms with Gasteiger partial charge in [-0.2, -0.15) is 9.97 Å². The number of aryl methyl sites for hydroxylation is 2. The smallest absolute Gasteiger partial charge is 0.319 e. The first-order chi connectivity index (χ1) is 24.3. The predicted octanol–water partition coefficient (Wildman–Crippen LogP) is 6.17. The molecule has 260 valence electrons. The fraction of sp³-hybridized carbons (Fsp3) is 0.486. The van der Waals surface area contributed by atoms with E-state index in [4.69, 9.17) is 9.72 Å². The molecule has 3 fully saturated rings. The molecular formula is C37H39F3N8O2. The molecule has 1 N–H and O–H groups in total. The Labute approximate surface area is 287 Å². The summed E-state index contributed by atoms with van der Waals surface area (Å²) in [6.07, 6.45) is 9.30. The first kappa shape index (κ1) is 31.5. The number of aromatic hydroxyl groups is 1. The van der Waals surface area contributed by atoms with Crippen LogP contribution in [0.4, 0.5) is 19.0 Å². The van der Waals surface area contributed by atoms with E-state index < -0.39 is 23.3 Å². The highest BCUT2D eigenvalue weighted by molar-refractivity contribution is 6.01. The standard InChI is InChI=1S/C37H39F3N8O2/c38-24-16-37(9-4-11-47(37)19-24)21-50-36-42-34-29-17-41-33(32(34)40)28-15-26(49)14-23-7-8-30(39)27(31(23)28)6-1-2-12-48-20-25(44-45-48)13-22-5-3-10-46(18-22)35(29)43-36/h7-8,14-15,17,20,22,24,49H,1-6,9-13,16,18-19,21H2. The molecule has 5 aliphatic heterocycles. The number of anilines is 1.